The van der Waals surface area contributed by atoms with E-state index in [4.69, 9.17) is 0 Å². The van der Waals surface area contributed by atoms with Gasteiger partial charge in [-0.2, -0.15) is 0 Å². The average molecular weight is 243 g/mol. The molecule has 17 heavy (non-hydrogen) atoms. The van der Waals surface area contributed by atoms with Crippen molar-refractivity contribution in [1.29, 1.82) is 0 Å². The third kappa shape index (κ3) is 6.26. The van der Waals surface area contributed by atoms with Gasteiger partial charge in [-0.05, 0) is 27.2 Å². The molecule has 0 heterocycles. The predicted octanol–water partition coefficient (Wildman–Crippen LogP) is 0.358. The van der Waals surface area contributed by atoms with Crippen LogP contribution < -0.4 is 10.6 Å². The SMILES string of the molecule is CCC(C)(C)NC(=O)C(C)NCC(=O)N(C)C. The largest absolute Gasteiger partial charge is 0.350 e. The Morgan fingerprint density at radius 1 is 1.29 bits per heavy atom. The smallest absolute Gasteiger partial charge is 0.237 e. The zero-order chi connectivity index (χ0) is 13.6. The molecule has 0 radical (unpaired) electrons. The van der Waals surface area contributed by atoms with Crippen LogP contribution in [0.5, 0.6) is 0 Å². The number of likely N-dealkylation sites (N-methyl/N-ethyl adjacent to an activating group) is 1. The Morgan fingerprint density at radius 2 is 1.82 bits per heavy atom. The normalized spacial score (nSPS) is 13.1. The number of carbonyl (C=O) groups is 2. The molecule has 0 saturated carbocycles. The van der Waals surface area contributed by atoms with Crippen molar-refractivity contribution in [3.05, 3.63) is 0 Å². The van der Waals surface area contributed by atoms with Crippen molar-refractivity contribution in [2.45, 2.75) is 45.7 Å². The standard InChI is InChI=1S/C12H25N3O2/c1-7-12(3,4)14-11(17)9(2)13-8-10(16)15(5)6/h9,13H,7-8H2,1-6H3,(H,14,17). The molecule has 0 bridgehead atoms. The quantitative estimate of drug-likeness (QED) is 0.708. The fraction of sp³-hybridized carbons (Fsp3) is 0.833. The van der Waals surface area contributed by atoms with Gasteiger partial charge in [0.25, 0.3) is 0 Å². The molecule has 5 heteroatoms. The van der Waals surface area contributed by atoms with Crippen molar-refractivity contribution in [3.63, 3.8) is 0 Å². The van der Waals surface area contributed by atoms with Gasteiger partial charge in [0, 0.05) is 19.6 Å². The van der Waals surface area contributed by atoms with Gasteiger partial charge in [-0.25, -0.2) is 0 Å². The summed E-state index contributed by atoms with van der Waals surface area (Å²) in [4.78, 5) is 24.6. The maximum absolute atomic E-state index is 11.8. The van der Waals surface area contributed by atoms with Crippen LogP contribution in [-0.2, 0) is 9.59 Å². The van der Waals surface area contributed by atoms with E-state index in [1.807, 2.05) is 20.8 Å². The van der Waals surface area contributed by atoms with E-state index in [2.05, 4.69) is 10.6 Å². The topological polar surface area (TPSA) is 61.4 Å². The summed E-state index contributed by atoms with van der Waals surface area (Å²) in [5.74, 6) is -0.122. The summed E-state index contributed by atoms with van der Waals surface area (Å²) in [5, 5.41) is 5.84. The molecule has 100 valence electrons. The van der Waals surface area contributed by atoms with Crippen LogP contribution >= 0.6 is 0 Å². The van der Waals surface area contributed by atoms with Gasteiger partial charge in [0.1, 0.15) is 0 Å². The van der Waals surface area contributed by atoms with E-state index in [0.717, 1.165) is 6.42 Å². The number of rotatable bonds is 6. The van der Waals surface area contributed by atoms with E-state index in [-0.39, 0.29) is 29.9 Å². The van der Waals surface area contributed by atoms with Gasteiger partial charge in [0.05, 0.1) is 12.6 Å². The zero-order valence-corrected chi connectivity index (χ0v) is 11.8. The van der Waals surface area contributed by atoms with Crippen LogP contribution in [0, 0.1) is 0 Å². The number of nitrogens with zero attached hydrogens (tertiary/aromatic N) is 1. The Balaban J connectivity index is 4.11. The van der Waals surface area contributed by atoms with Gasteiger partial charge < -0.3 is 10.2 Å². The number of hydrogen-bond acceptors (Lipinski definition) is 3. The van der Waals surface area contributed by atoms with Crippen molar-refractivity contribution < 1.29 is 9.59 Å². The first-order valence-electron chi connectivity index (χ1n) is 5.95. The summed E-state index contributed by atoms with van der Waals surface area (Å²) >= 11 is 0. The molecule has 1 atom stereocenters. The highest BCUT2D eigenvalue weighted by Gasteiger charge is 2.21. The van der Waals surface area contributed by atoms with Gasteiger partial charge in [0.15, 0.2) is 0 Å². The molecule has 0 spiro atoms. The van der Waals surface area contributed by atoms with Crippen molar-refractivity contribution in [2.24, 2.45) is 0 Å². The Bertz CT molecular complexity index is 275. The van der Waals surface area contributed by atoms with Crippen LogP contribution in [0.25, 0.3) is 0 Å². The van der Waals surface area contributed by atoms with Gasteiger partial charge in [0.2, 0.25) is 11.8 Å². The van der Waals surface area contributed by atoms with Crippen molar-refractivity contribution in [2.75, 3.05) is 20.6 Å². The Labute approximate surface area is 104 Å². The summed E-state index contributed by atoms with van der Waals surface area (Å²) < 4.78 is 0. The molecule has 0 saturated heterocycles. The zero-order valence-electron chi connectivity index (χ0n) is 11.8. The second kappa shape index (κ2) is 6.59. The van der Waals surface area contributed by atoms with Crippen molar-refractivity contribution in [1.82, 2.24) is 15.5 Å². The molecule has 2 amide bonds. The summed E-state index contributed by atoms with van der Waals surface area (Å²) in [6.45, 7) is 7.90. The lowest BCUT2D eigenvalue weighted by Crippen LogP contribution is -2.52. The number of hydrogen-bond donors (Lipinski definition) is 2. The molecular formula is C12H25N3O2. The summed E-state index contributed by atoms with van der Waals surface area (Å²) in [7, 11) is 3.38. The molecule has 0 aliphatic carbocycles. The highest BCUT2D eigenvalue weighted by molar-refractivity contribution is 5.83. The molecule has 0 aromatic carbocycles. The predicted molar refractivity (Wildman–Crippen MR) is 68.7 cm³/mol. The molecule has 5 nitrogen and oxygen atoms in total. The fourth-order valence-corrected chi connectivity index (χ4v) is 1.02. The summed E-state index contributed by atoms with van der Waals surface area (Å²) in [6.07, 6.45) is 0.863. The van der Waals surface area contributed by atoms with Gasteiger partial charge >= 0.3 is 0 Å². The molecule has 2 N–H and O–H groups in total. The van der Waals surface area contributed by atoms with E-state index in [0.29, 0.717) is 0 Å². The highest BCUT2D eigenvalue weighted by Crippen LogP contribution is 2.06. The first-order valence-corrected chi connectivity index (χ1v) is 5.95. The minimum Gasteiger partial charge on any atom is -0.350 e. The molecule has 0 fully saturated rings. The van der Waals surface area contributed by atoms with E-state index in [1.54, 1.807) is 21.0 Å². The summed E-state index contributed by atoms with van der Waals surface area (Å²) in [6, 6.07) is -0.371. The highest BCUT2D eigenvalue weighted by atomic mass is 16.2. The van der Waals surface area contributed by atoms with E-state index >= 15 is 0 Å². The second-order valence-electron chi connectivity index (χ2n) is 5.12. The first-order chi connectivity index (χ1) is 7.69. The minimum atomic E-state index is -0.371. The number of nitrogens with one attached hydrogen (secondary N) is 2. The minimum absolute atomic E-state index is 0.0422. The van der Waals surface area contributed by atoms with Gasteiger partial charge in [-0.1, -0.05) is 6.92 Å². The van der Waals surface area contributed by atoms with Crippen molar-refractivity contribution >= 4 is 11.8 Å². The van der Waals surface area contributed by atoms with Crippen LogP contribution in [-0.4, -0.2) is 48.9 Å². The number of carbonyl (C=O) groups excluding carboxylic acids is 2. The van der Waals surface area contributed by atoms with Crippen LogP contribution in [0.3, 0.4) is 0 Å². The lowest BCUT2D eigenvalue weighted by molar-refractivity contribution is -0.128. The Hall–Kier alpha value is -1.10. The third-order valence-corrected chi connectivity index (χ3v) is 2.80. The maximum Gasteiger partial charge on any atom is 0.237 e. The lowest BCUT2D eigenvalue weighted by Gasteiger charge is -2.26. The van der Waals surface area contributed by atoms with Crippen LogP contribution in [0.2, 0.25) is 0 Å². The van der Waals surface area contributed by atoms with Gasteiger partial charge in [-0.15, -0.1) is 0 Å². The Morgan fingerprint density at radius 3 is 2.24 bits per heavy atom. The fourth-order valence-electron chi connectivity index (χ4n) is 1.02. The molecule has 1 unspecified atom stereocenters. The van der Waals surface area contributed by atoms with E-state index < -0.39 is 0 Å². The summed E-state index contributed by atoms with van der Waals surface area (Å²) in [5.41, 5.74) is -0.210. The van der Waals surface area contributed by atoms with Crippen LogP contribution in [0.15, 0.2) is 0 Å². The monoisotopic (exact) mass is 243 g/mol. The van der Waals surface area contributed by atoms with E-state index in [1.165, 1.54) is 4.90 Å². The first kappa shape index (κ1) is 15.9. The third-order valence-electron chi connectivity index (χ3n) is 2.80. The second-order valence-corrected chi connectivity index (χ2v) is 5.12. The molecule has 0 aromatic rings. The molecule has 0 aliphatic rings. The van der Waals surface area contributed by atoms with Crippen LogP contribution in [0.4, 0.5) is 0 Å². The Kier molecular flexibility index (Phi) is 6.16. The molecule has 0 rings (SSSR count). The molecule has 0 aliphatic heterocycles. The maximum atomic E-state index is 11.8. The van der Waals surface area contributed by atoms with Crippen LogP contribution in [0.1, 0.15) is 34.1 Å². The molecular weight excluding hydrogens is 218 g/mol. The molecule has 0 aromatic heterocycles. The van der Waals surface area contributed by atoms with Crippen molar-refractivity contribution in [3.8, 4) is 0 Å². The lowest BCUT2D eigenvalue weighted by atomic mass is 10.0. The van der Waals surface area contributed by atoms with Gasteiger partial charge in [-0.3, -0.25) is 14.9 Å². The van der Waals surface area contributed by atoms with E-state index in [9.17, 15) is 9.59 Å². The average Bonchev–Trinajstić information content (AvgIpc) is 2.24. The number of amides is 2.